The Balaban J connectivity index is 2.97. The lowest BCUT2D eigenvalue weighted by molar-refractivity contribution is 0.862. The second-order valence-electron chi connectivity index (χ2n) is 2.47. The van der Waals surface area contributed by atoms with Crippen LogP contribution in [0.4, 0.5) is 0 Å². The molecule has 0 aliphatic carbocycles. The molecule has 0 saturated heterocycles. The minimum Gasteiger partial charge on any atom is -0.165 e. The van der Waals surface area contributed by atoms with Crippen molar-refractivity contribution in [3.63, 3.8) is 0 Å². The lowest BCUT2D eigenvalue weighted by Crippen LogP contribution is -1.92. The fraction of sp³-hybridized carbons (Fsp3) is 1.00. The van der Waals surface area contributed by atoms with Gasteiger partial charge >= 0.3 is 0 Å². The first-order chi connectivity index (χ1) is 4.81. The highest BCUT2D eigenvalue weighted by molar-refractivity contribution is 8.10. The molecule has 0 N–H and O–H groups in total. The molecule has 1 unspecified atom stereocenters. The third-order valence-corrected chi connectivity index (χ3v) is 3.19. The summed E-state index contributed by atoms with van der Waals surface area (Å²) in [6, 6.07) is 0. The van der Waals surface area contributed by atoms with Crippen LogP contribution in [0.3, 0.4) is 0 Å². The molecule has 0 heterocycles. The van der Waals surface area contributed by atoms with E-state index in [-0.39, 0.29) is 0 Å². The van der Waals surface area contributed by atoms with Crippen LogP contribution in [-0.2, 0) is 0 Å². The second-order valence-corrected chi connectivity index (χ2v) is 4.75. The molecule has 2 heteroatoms. The number of hydrogen-bond acceptors (Lipinski definition) is 2. The Hall–Kier alpha value is 0.700. The van der Waals surface area contributed by atoms with Crippen molar-refractivity contribution in [1.82, 2.24) is 0 Å². The third kappa shape index (κ3) is 6.81. The molecule has 0 spiro atoms. The van der Waals surface area contributed by atoms with Gasteiger partial charge in [-0.2, -0.15) is 12.6 Å². The van der Waals surface area contributed by atoms with Gasteiger partial charge in [0.1, 0.15) is 0 Å². The van der Waals surface area contributed by atoms with Gasteiger partial charge < -0.3 is 0 Å². The third-order valence-electron chi connectivity index (χ3n) is 1.34. The first-order valence-corrected chi connectivity index (χ1v) is 5.67. The topological polar surface area (TPSA) is 0 Å². The van der Waals surface area contributed by atoms with Crippen molar-refractivity contribution in [2.75, 3.05) is 5.75 Å². The van der Waals surface area contributed by atoms with Crippen LogP contribution in [0.25, 0.3) is 0 Å². The predicted molar refractivity (Wildman–Crippen MR) is 55.0 cm³/mol. The summed E-state index contributed by atoms with van der Waals surface area (Å²) in [5, 5.41) is 0. The first kappa shape index (κ1) is 10.7. The summed E-state index contributed by atoms with van der Waals surface area (Å²) in [6.07, 6.45) is 5.15. The van der Waals surface area contributed by atoms with Crippen molar-refractivity contribution < 1.29 is 0 Å². The monoisotopic (exact) mass is 178 g/mol. The van der Waals surface area contributed by atoms with Crippen LogP contribution in [0.1, 0.15) is 39.5 Å². The smallest absolute Gasteiger partial charge is 0.0472 e. The van der Waals surface area contributed by atoms with Crippen LogP contribution in [-0.4, -0.2) is 10.3 Å². The highest BCUT2D eigenvalue weighted by Crippen LogP contribution is 2.20. The Kier molecular flexibility index (Phi) is 8.35. The Labute approximate surface area is 74.6 Å². The van der Waals surface area contributed by atoms with Crippen LogP contribution < -0.4 is 0 Å². The number of rotatable bonds is 6. The predicted octanol–water partition coefficient (Wildman–Crippen LogP) is 3.58. The maximum absolute atomic E-state index is 4.45. The molecule has 0 rings (SSSR count). The van der Waals surface area contributed by atoms with Gasteiger partial charge in [-0.3, -0.25) is 0 Å². The van der Waals surface area contributed by atoms with Gasteiger partial charge in [0.05, 0.1) is 0 Å². The Morgan fingerprint density at radius 3 is 2.50 bits per heavy atom. The highest BCUT2D eigenvalue weighted by atomic mass is 32.2. The molecule has 0 fully saturated rings. The van der Waals surface area contributed by atoms with Gasteiger partial charge in [-0.25, -0.2) is 0 Å². The molecule has 1 atom stereocenters. The van der Waals surface area contributed by atoms with Crippen LogP contribution >= 0.6 is 24.4 Å². The molecule has 0 aromatic heterocycles. The van der Waals surface area contributed by atoms with Crippen LogP contribution in [0.15, 0.2) is 0 Å². The summed E-state index contributed by atoms with van der Waals surface area (Å²) in [7, 11) is 0. The van der Waals surface area contributed by atoms with E-state index in [0.29, 0.717) is 4.58 Å². The molecular weight excluding hydrogens is 160 g/mol. The molecule has 0 aromatic rings. The van der Waals surface area contributed by atoms with Gasteiger partial charge in [-0.1, -0.05) is 26.7 Å². The summed E-state index contributed by atoms with van der Waals surface area (Å²) in [5.74, 6) is 1.28. The molecule has 0 radical (unpaired) electrons. The fourth-order valence-electron chi connectivity index (χ4n) is 0.694. The van der Waals surface area contributed by atoms with Gasteiger partial charge in [0.2, 0.25) is 0 Å². The van der Waals surface area contributed by atoms with Gasteiger partial charge in [-0.15, -0.1) is 11.8 Å². The normalized spacial score (nSPS) is 13.5. The van der Waals surface area contributed by atoms with E-state index in [1.807, 2.05) is 11.8 Å². The minimum absolute atomic E-state index is 0.580. The van der Waals surface area contributed by atoms with Crippen molar-refractivity contribution >= 4 is 24.4 Å². The number of unbranched alkanes of at least 4 members (excludes halogenated alkanes) is 1. The Morgan fingerprint density at radius 2 is 2.00 bits per heavy atom. The van der Waals surface area contributed by atoms with E-state index in [2.05, 4.69) is 26.5 Å². The van der Waals surface area contributed by atoms with Crippen LogP contribution in [0.2, 0.25) is 0 Å². The van der Waals surface area contributed by atoms with Crippen molar-refractivity contribution in [3.8, 4) is 0 Å². The maximum Gasteiger partial charge on any atom is 0.0472 e. The van der Waals surface area contributed by atoms with Crippen LogP contribution in [0.5, 0.6) is 0 Å². The number of hydrogen-bond donors (Lipinski definition) is 1. The molecule has 0 saturated carbocycles. The molecule has 0 aliphatic rings. The second kappa shape index (κ2) is 7.80. The van der Waals surface area contributed by atoms with E-state index in [4.69, 9.17) is 0 Å². The molecule has 0 aromatic carbocycles. The number of thioether (sulfide) groups is 1. The van der Waals surface area contributed by atoms with E-state index in [1.165, 1.54) is 31.4 Å². The summed E-state index contributed by atoms with van der Waals surface area (Å²) < 4.78 is 0.580. The quantitative estimate of drug-likeness (QED) is 0.368. The Bertz CT molecular complexity index is 64.3. The molecule has 0 aliphatic heterocycles. The zero-order valence-electron chi connectivity index (χ0n) is 6.97. The average Bonchev–Trinajstić information content (AvgIpc) is 1.89. The van der Waals surface area contributed by atoms with E-state index in [0.717, 1.165) is 0 Å². The molecule has 0 bridgehead atoms. The van der Waals surface area contributed by atoms with E-state index in [1.54, 1.807) is 0 Å². The van der Waals surface area contributed by atoms with Crippen LogP contribution in [0, 0.1) is 0 Å². The van der Waals surface area contributed by atoms with Gasteiger partial charge in [-0.05, 0) is 18.6 Å². The molecule has 10 heavy (non-hydrogen) atoms. The van der Waals surface area contributed by atoms with E-state index >= 15 is 0 Å². The standard InChI is InChI=1S/C8H18S2/c1-3-5-7-10-8(9)6-4-2/h8-9H,3-7H2,1-2H3. The Morgan fingerprint density at radius 1 is 1.30 bits per heavy atom. The van der Waals surface area contributed by atoms with Crippen molar-refractivity contribution in [2.45, 2.75) is 44.1 Å². The zero-order valence-corrected chi connectivity index (χ0v) is 8.68. The summed E-state index contributed by atoms with van der Waals surface area (Å²) in [4.78, 5) is 0. The first-order valence-electron chi connectivity index (χ1n) is 4.11. The van der Waals surface area contributed by atoms with Gasteiger partial charge in [0.25, 0.3) is 0 Å². The lowest BCUT2D eigenvalue weighted by Gasteiger charge is -2.07. The fourth-order valence-corrected chi connectivity index (χ4v) is 2.40. The average molecular weight is 178 g/mol. The summed E-state index contributed by atoms with van der Waals surface area (Å²) >= 11 is 6.44. The lowest BCUT2D eigenvalue weighted by atomic mass is 10.4. The van der Waals surface area contributed by atoms with Gasteiger partial charge in [0.15, 0.2) is 0 Å². The SMILES string of the molecule is CCCCSC(S)CCC. The molecule has 0 nitrogen and oxygen atoms in total. The summed E-state index contributed by atoms with van der Waals surface area (Å²) in [6.45, 7) is 4.44. The van der Waals surface area contributed by atoms with Crippen molar-refractivity contribution in [1.29, 1.82) is 0 Å². The molecular formula is C8H18S2. The van der Waals surface area contributed by atoms with E-state index < -0.39 is 0 Å². The van der Waals surface area contributed by atoms with Crippen molar-refractivity contribution in [2.24, 2.45) is 0 Å². The van der Waals surface area contributed by atoms with Gasteiger partial charge in [0, 0.05) is 4.58 Å². The van der Waals surface area contributed by atoms with Crippen molar-refractivity contribution in [3.05, 3.63) is 0 Å². The zero-order chi connectivity index (χ0) is 7.82. The number of thiol groups is 1. The largest absolute Gasteiger partial charge is 0.165 e. The minimum atomic E-state index is 0.580. The highest BCUT2D eigenvalue weighted by Gasteiger charge is 1.99. The molecule has 0 amide bonds. The van der Waals surface area contributed by atoms with E-state index in [9.17, 15) is 0 Å². The maximum atomic E-state index is 4.45. The summed E-state index contributed by atoms with van der Waals surface area (Å²) in [5.41, 5.74) is 0. The molecule has 62 valence electrons.